The SMILES string of the molecule is CC(C)(CCC(=O)NC1C=CC(C(=O)O)C1)NC(=O)OCC1c2ccccc2-c2ccccc21. The predicted molar refractivity (Wildman–Crippen MR) is 128 cm³/mol. The van der Waals surface area contributed by atoms with Crippen LogP contribution in [0.3, 0.4) is 0 Å². The van der Waals surface area contributed by atoms with Crippen LogP contribution in [0.25, 0.3) is 11.1 Å². The zero-order valence-corrected chi connectivity index (χ0v) is 19.4. The highest BCUT2D eigenvalue weighted by molar-refractivity contribution is 5.79. The van der Waals surface area contributed by atoms with E-state index < -0.39 is 23.5 Å². The molecule has 2 aliphatic carbocycles. The van der Waals surface area contributed by atoms with Gasteiger partial charge in [-0.3, -0.25) is 9.59 Å². The van der Waals surface area contributed by atoms with Crippen molar-refractivity contribution < 1.29 is 24.2 Å². The third-order valence-electron chi connectivity index (χ3n) is 6.51. The molecule has 2 aromatic carbocycles. The molecule has 0 aromatic heterocycles. The Morgan fingerprint density at radius 3 is 2.21 bits per heavy atom. The first-order valence-corrected chi connectivity index (χ1v) is 11.6. The number of alkyl carbamates (subject to hydrolysis) is 1. The lowest BCUT2D eigenvalue weighted by molar-refractivity contribution is -0.140. The first-order valence-electron chi connectivity index (χ1n) is 11.6. The van der Waals surface area contributed by atoms with Gasteiger partial charge in [0.25, 0.3) is 0 Å². The predicted octanol–water partition coefficient (Wildman–Crippen LogP) is 4.23. The summed E-state index contributed by atoms with van der Waals surface area (Å²) in [6.07, 6.45) is 3.80. The Morgan fingerprint density at radius 2 is 1.62 bits per heavy atom. The molecule has 0 saturated heterocycles. The van der Waals surface area contributed by atoms with Crippen LogP contribution >= 0.6 is 0 Å². The van der Waals surface area contributed by atoms with Gasteiger partial charge in [0.2, 0.25) is 5.91 Å². The van der Waals surface area contributed by atoms with Gasteiger partial charge in [-0.2, -0.15) is 0 Å². The molecular weight excluding hydrogens is 432 g/mol. The Labute approximate surface area is 199 Å². The first-order chi connectivity index (χ1) is 16.2. The van der Waals surface area contributed by atoms with Crippen molar-refractivity contribution >= 4 is 18.0 Å². The van der Waals surface area contributed by atoms with Crippen LogP contribution < -0.4 is 10.6 Å². The molecule has 2 amide bonds. The van der Waals surface area contributed by atoms with Gasteiger partial charge in [-0.15, -0.1) is 0 Å². The Balaban J connectivity index is 1.26. The Hall–Kier alpha value is -3.61. The van der Waals surface area contributed by atoms with Crippen molar-refractivity contribution in [3.05, 3.63) is 71.8 Å². The second kappa shape index (κ2) is 9.71. The lowest BCUT2D eigenvalue weighted by atomic mass is 9.98. The molecule has 0 heterocycles. The molecule has 4 rings (SSSR count). The molecule has 0 radical (unpaired) electrons. The number of amides is 2. The highest BCUT2D eigenvalue weighted by atomic mass is 16.5. The highest BCUT2D eigenvalue weighted by Gasteiger charge is 2.30. The minimum Gasteiger partial charge on any atom is -0.481 e. The molecule has 0 fully saturated rings. The van der Waals surface area contributed by atoms with Crippen LogP contribution in [0.1, 0.15) is 50.2 Å². The maximum Gasteiger partial charge on any atom is 0.407 e. The van der Waals surface area contributed by atoms with Gasteiger partial charge in [0, 0.05) is 23.9 Å². The summed E-state index contributed by atoms with van der Waals surface area (Å²) >= 11 is 0. The van der Waals surface area contributed by atoms with Crippen molar-refractivity contribution in [1.29, 1.82) is 0 Å². The minimum absolute atomic E-state index is 0.0128. The largest absolute Gasteiger partial charge is 0.481 e. The fourth-order valence-electron chi connectivity index (χ4n) is 4.67. The van der Waals surface area contributed by atoms with Crippen LogP contribution in [0.4, 0.5) is 4.79 Å². The zero-order chi connectivity index (χ0) is 24.3. The van der Waals surface area contributed by atoms with Gasteiger partial charge in [0.05, 0.1) is 5.92 Å². The summed E-state index contributed by atoms with van der Waals surface area (Å²) in [5.74, 6) is -1.64. The number of benzene rings is 2. The fraction of sp³-hybridized carbons (Fsp3) is 0.370. The average Bonchev–Trinajstić information content (AvgIpc) is 3.39. The molecule has 34 heavy (non-hydrogen) atoms. The maximum absolute atomic E-state index is 12.6. The van der Waals surface area contributed by atoms with E-state index in [1.165, 1.54) is 11.1 Å². The number of carbonyl (C=O) groups is 3. The van der Waals surface area contributed by atoms with Crippen LogP contribution in [0.2, 0.25) is 0 Å². The molecular formula is C27H30N2O5. The molecule has 0 spiro atoms. The van der Waals surface area contributed by atoms with E-state index in [0.29, 0.717) is 12.8 Å². The van der Waals surface area contributed by atoms with E-state index in [4.69, 9.17) is 9.84 Å². The molecule has 7 nitrogen and oxygen atoms in total. The van der Waals surface area contributed by atoms with Crippen molar-refractivity contribution in [3.63, 3.8) is 0 Å². The lowest BCUT2D eigenvalue weighted by Gasteiger charge is -2.26. The summed E-state index contributed by atoms with van der Waals surface area (Å²) in [7, 11) is 0. The number of carboxylic acids is 1. The van der Waals surface area contributed by atoms with Crippen molar-refractivity contribution in [1.82, 2.24) is 10.6 Å². The van der Waals surface area contributed by atoms with E-state index in [0.717, 1.165) is 11.1 Å². The maximum atomic E-state index is 12.6. The number of rotatable bonds is 8. The molecule has 0 saturated carbocycles. The van der Waals surface area contributed by atoms with Crippen LogP contribution in [0, 0.1) is 5.92 Å². The number of nitrogens with one attached hydrogen (secondary N) is 2. The summed E-state index contributed by atoms with van der Waals surface area (Å²) in [4.78, 5) is 35.9. The molecule has 2 aliphatic rings. The van der Waals surface area contributed by atoms with Crippen LogP contribution in [-0.4, -0.2) is 41.3 Å². The third-order valence-corrected chi connectivity index (χ3v) is 6.51. The van der Waals surface area contributed by atoms with Crippen molar-refractivity contribution in [3.8, 4) is 11.1 Å². The zero-order valence-electron chi connectivity index (χ0n) is 19.4. The molecule has 2 aromatic rings. The normalized spacial score (nSPS) is 18.8. The van der Waals surface area contributed by atoms with Crippen molar-refractivity contribution in [2.24, 2.45) is 5.92 Å². The van der Waals surface area contributed by atoms with Gasteiger partial charge in [0.1, 0.15) is 6.61 Å². The number of carboxylic acid groups (broad SMARTS) is 1. The second-order valence-corrected chi connectivity index (χ2v) is 9.57. The number of aliphatic carboxylic acids is 1. The van der Waals surface area contributed by atoms with Gasteiger partial charge in [-0.25, -0.2) is 4.79 Å². The number of fused-ring (bicyclic) bond motifs is 3. The standard InChI is InChI=1S/C27H30N2O5/c1-27(2,14-13-24(30)28-18-12-11-17(15-18)25(31)32)29-26(33)34-16-23-21-9-5-3-7-19(21)20-8-4-6-10-22(20)23/h3-12,17-18,23H,13-16H2,1-2H3,(H,28,30)(H,29,33)(H,31,32). The van der Waals surface area contributed by atoms with Gasteiger partial charge >= 0.3 is 12.1 Å². The second-order valence-electron chi connectivity index (χ2n) is 9.57. The van der Waals surface area contributed by atoms with Gasteiger partial charge in [-0.05, 0) is 48.9 Å². The number of ether oxygens (including phenoxy) is 1. The summed E-state index contributed by atoms with van der Waals surface area (Å²) in [5.41, 5.74) is 4.00. The highest BCUT2D eigenvalue weighted by Crippen LogP contribution is 2.44. The van der Waals surface area contributed by atoms with E-state index in [-0.39, 0.29) is 30.9 Å². The van der Waals surface area contributed by atoms with E-state index in [1.807, 2.05) is 38.1 Å². The summed E-state index contributed by atoms with van der Waals surface area (Å²) in [5, 5.41) is 14.8. The third kappa shape index (κ3) is 5.30. The van der Waals surface area contributed by atoms with E-state index in [1.54, 1.807) is 12.2 Å². The fourth-order valence-corrected chi connectivity index (χ4v) is 4.67. The topological polar surface area (TPSA) is 105 Å². The minimum atomic E-state index is -0.888. The van der Waals surface area contributed by atoms with E-state index in [9.17, 15) is 14.4 Å². The average molecular weight is 463 g/mol. The monoisotopic (exact) mass is 462 g/mol. The van der Waals surface area contributed by atoms with Gasteiger partial charge < -0.3 is 20.5 Å². The molecule has 7 heteroatoms. The quantitative estimate of drug-likeness (QED) is 0.509. The Morgan fingerprint density at radius 1 is 1.00 bits per heavy atom. The first kappa shape index (κ1) is 23.5. The van der Waals surface area contributed by atoms with Crippen LogP contribution in [-0.2, 0) is 14.3 Å². The summed E-state index contributed by atoms with van der Waals surface area (Å²) < 4.78 is 5.61. The molecule has 178 valence electrons. The summed E-state index contributed by atoms with van der Waals surface area (Å²) in [6, 6.07) is 16.1. The van der Waals surface area contributed by atoms with Crippen LogP contribution in [0.15, 0.2) is 60.7 Å². The summed E-state index contributed by atoms with van der Waals surface area (Å²) in [6.45, 7) is 3.92. The van der Waals surface area contributed by atoms with Gasteiger partial charge in [-0.1, -0.05) is 60.7 Å². The lowest BCUT2D eigenvalue weighted by Crippen LogP contribution is -2.45. The molecule has 3 N–H and O–H groups in total. The van der Waals surface area contributed by atoms with E-state index >= 15 is 0 Å². The number of carbonyl (C=O) groups excluding carboxylic acids is 2. The molecule has 2 atom stereocenters. The van der Waals surface area contributed by atoms with E-state index in [2.05, 4.69) is 34.9 Å². The Bertz CT molecular complexity index is 1080. The number of hydrogen-bond acceptors (Lipinski definition) is 4. The molecule has 0 bridgehead atoms. The Kier molecular flexibility index (Phi) is 6.72. The van der Waals surface area contributed by atoms with Crippen molar-refractivity contribution in [2.75, 3.05) is 6.61 Å². The van der Waals surface area contributed by atoms with Crippen LogP contribution in [0.5, 0.6) is 0 Å². The molecule has 2 unspecified atom stereocenters. The number of hydrogen-bond donors (Lipinski definition) is 3. The smallest absolute Gasteiger partial charge is 0.407 e. The van der Waals surface area contributed by atoms with Gasteiger partial charge in [0.15, 0.2) is 0 Å². The van der Waals surface area contributed by atoms with Crippen molar-refractivity contribution in [2.45, 2.75) is 50.6 Å². The molecule has 0 aliphatic heterocycles.